The van der Waals surface area contributed by atoms with Crippen molar-refractivity contribution in [1.29, 1.82) is 0 Å². The van der Waals surface area contributed by atoms with Gasteiger partial charge in [-0.05, 0) is 33.0 Å². The minimum absolute atomic E-state index is 0.587. The number of hydrogen-bond donors (Lipinski definition) is 1. The molecule has 0 bridgehead atoms. The van der Waals surface area contributed by atoms with Crippen LogP contribution in [0.25, 0.3) is 0 Å². The summed E-state index contributed by atoms with van der Waals surface area (Å²) in [5, 5.41) is 3.38. The molecule has 2 fully saturated rings. The van der Waals surface area contributed by atoms with Gasteiger partial charge in [0, 0.05) is 38.8 Å². The van der Waals surface area contributed by atoms with Crippen LogP contribution in [0.4, 0.5) is 0 Å². The average Bonchev–Trinajstić information content (AvgIpc) is 2.70. The molecule has 16 heavy (non-hydrogen) atoms. The van der Waals surface area contributed by atoms with Crippen LogP contribution in [0.15, 0.2) is 0 Å². The predicted octanol–water partition coefficient (Wildman–Crippen LogP) is 0.000800. The lowest BCUT2D eigenvalue weighted by molar-refractivity contribution is 0.0574. The normalized spacial score (nSPS) is 29.2. The highest BCUT2D eigenvalue weighted by molar-refractivity contribution is 4.87. The summed E-state index contributed by atoms with van der Waals surface area (Å²) in [6, 6.07) is 1.26. The summed E-state index contributed by atoms with van der Waals surface area (Å²) < 4.78 is 5.37. The molecular weight excluding hydrogens is 202 g/mol. The Balaban J connectivity index is 1.80. The first-order chi connectivity index (χ1) is 7.83. The second-order valence-corrected chi connectivity index (χ2v) is 5.03. The van der Waals surface area contributed by atoms with E-state index in [9.17, 15) is 0 Å². The van der Waals surface area contributed by atoms with Gasteiger partial charge in [0.15, 0.2) is 0 Å². The van der Waals surface area contributed by atoms with Gasteiger partial charge < -0.3 is 15.0 Å². The van der Waals surface area contributed by atoms with Crippen LogP contribution in [0.3, 0.4) is 0 Å². The van der Waals surface area contributed by atoms with E-state index < -0.39 is 0 Å². The van der Waals surface area contributed by atoms with Gasteiger partial charge in [-0.15, -0.1) is 0 Å². The van der Waals surface area contributed by atoms with E-state index in [0.29, 0.717) is 12.1 Å². The van der Waals surface area contributed by atoms with Crippen LogP contribution in [0.2, 0.25) is 0 Å². The van der Waals surface area contributed by atoms with Crippen LogP contribution in [-0.4, -0.2) is 75.4 Å². The standard InChI is InChI=1S/C12H25N3O/c1-13-11-4-7-15(8-11)12(10-16-2)9-14-5-3-6-14/h11-13H,3-10H2,1-2H3. The fraction of sp³-hybridized carbons (Fsp3) is 1.00. The maximum Gasteiger partial charge on any atom is 0.0630 e. The third-order valence-electron chi connectivity index (χ3n) is 3.92. The van der Waals surface area contributed by atoms with Gasteiger partial charge in [0.2, 0.25) is 0 Å². The Labute approximate surface area is 98.9 Å². The smallest absolute Gasteiger partial charge is 0.0630 e. The zero-order chi connectivity index (χ0) is 11.4. The van der Waals surface area contributed by atoms with E-state index in [-0.39, 0.29) is 0 Å². The molecule has 2 saturated heterocycles. The van der Waals surface area contributed by atoms with Crippen molar-refractivity contribution in [2.75, 3.05) is 53.5 Å². The van der Waals surface area contributed by atoms with E-state index >= 15 is 0 Å². The molecule has 0 aromatic carbocycles. The van der Waals surface area contributed by atoms with Crippen LogP contribution >= 0.6 is 0 Å². The molecule has 0 aliphatic carbocycles. The molecule has 0 spiro atoms. The van der Waals surface area contributed by atoms with E-state index in [1.54, 1.807) is 0 Å². The van der Waals surface area contributed by atoms with Gasteiger partial charge in [-0.1, -0.05) is 0 Å². The van der Waals surface area contributed by atoms with Crippen molar-refractivity contribution < 1.29 is 4.74 Å². The van der Waals surface area contributed by atoms with Gasteiger partial charge in [-0.3, -0.25) is 4.90 Å². The molecule has 4 heteroatoms. The Bertz CT molecular complexity index is 208. The number of likely N-dealkylation sites (tertiary alicyclic amines) is 2. The monoisotopic (exact) mass is 227 g/mol. The molecule has 2 aliphatic heterocycles. The number of methoxy groups -OCH3 is 1. The third-order valence-corrected chi connectivity index (χ3v) is 3.92. The van der Waals surface area contributed by atoms with Crippen molar-refractivity contribution in [1.82, 2.24) is 15.1 Å². The molecule has 2 rings (SSSR count). The van der Waals surface area contributed by atoms with Crippen LogP contribution in [-0.2, 0) is 4.74 Å². The van der Waals surface area contributed by atoms with E-state index in [1.165, 1.54) is 45.6 Å². The number of hydrogen-bond acceptors (Lipinski definition) is 4. The summed E-state index contributed by atoms with van der Waals surface area (Å²) in [4.78, 5) is 5.12. The second-order valence-electron chi connectivity index (χ2n) is 5.03. The number of rotatable bonds is 6. The molecule has 2 aliphatic rings. The maximum absolute atomic E-state index is 5.37. The molecule has 0 aromatic heterocycles. The Morgan fingerprint density at radius 2 is 2.19 bits per heavy atom. The van der Waals surface area contributed by atoms with Gasteiger partial charge >= 0.3 is 0 Å². The molecule has 0 radical (unpaired) electrons. The molecule has 0 aromatic rings. The number of nitrogens with zero attached hydrogens (tertiary/aromatic N) is 2. The number of nitrogens with one attached hydrogen (secondary N) is 1. The van der Waals surface area contributed by atoms with Gasteiger partial charge in [-0.25, -0.2) is 0 Å². The fourth-order valence-electron chi connectivity index (χ4n) is 2.68. The van der Waals surface area contributed by atoms with E-state index in [0.717, 1.165) is 6.61 Å². The van der Waals surface area contributed by atoms with Gasteiger partial charge in [0.05, 0.1) is 6.61 Å². The Hall–Kier alpha value is -0.160. The van der Waals surface area contributed by atoms with Gasteiger partial charge in [0.1, 0.15) is 0 Å². The highest BCUT2D eigenvalue weighted by Crippen LogP contribution is 2.16. The topological polar surface area (TPSA) is 27.7 Å². The molecule has 2 heterocycles. The SMILES string of the molecule is CNC1CCN(C(COC)CN2CCC2)C1. The van der Waals surface area contributed by atoms with Crippen molar-refractivity contribution in [2.45, 2.75) is 24.9 Å². The van der Waals surface area contributed by atoms with Crippen molar-refractivity contribution in [2.24, 2.45) is 0 Å². The van der Waals surface area contributed by atoms with Crippen LogP contribution in [0.1, 0.15) is 12.8 Å². The molecule has 1 N–H and O–H groups in total. The largest absolute Gasteiger partial charge is 0.383 e. The predicted molar refractivity (Wildman–Crippen MR) is 65.8 cm³/mol. The first-order valence-electron chi connectivity index (χ1n) is 6.46. The summed E-state index contributed by atoms with van der Waals surface area (Å²) >= 11 is 0. The number of ether oxygens (including phenoxy) is 1. The maximum atomic E-state index is 5.37. The molecule has 2 atom stereocenters. The number of likely N-dealkylation sites (N-methyl/N-ethyl adjacent to an activating group) is 1. The van der Waals surface area contributed by atoms with E-state index in [2.05, 4.69) is 22.2 Å². The zero-order valence-corrected chi connectivity index (χ0v) is 10.6. The lowest BCUT2D eigenvalue weighted by Gasteiger charge is -2.37. The molecule has 0 saturated carbocycles. The lowest BCUT2D eigenvalue weighted by atomic mass is 10.1. The van der Waals surface area contributed by atoms with Gasteiger partial charge in [-0.2, -0.15) is 0 Å². The quantitative estimate of drug-likeness (QED) is 0.691. The van der Waals surface area contributed by atoms with Crippen LogP contribution in [0, 0.1) is 0 Å². The summed E-state index contributed by atoms with van der Waals surface area (Å²) in [5.74, 6) is 0. The Kier molecular flexibility index (Phi) is 4.58. The summed E-state index contributed by atoms with van der Waals surface area (Å²) in [7, 11) is 3.88. The highest BCUT2D eigenvalue weighted by Gasteiger charge is 2.29. The molecule has 4 nitrogen and oxygen atoms in total. The summed E-state index contributed by atoms with van der Waals surface area (Å²) in [5.41, 5.74) is 0. The lowest BCUT2D eigenvalue weighted by Crippen LogP contribution is -2.50. The van der Waals surface area contributed by atoms with E-state index in [4.69, 9.17) is 4.74 Å². The molecule has 94 valence electrons. The fourth-order valence-corrected chi connectivity index (χ4v) is 2.68. The second kappa shape index (κ2) is 5.96. The molecule has 0 amide bonds. The van der Waals surface area contributed by atoms with Crippen molar-refractivity contribution in [3.05, 3.63) is 0 Å². The average molecular weight is 227 g/mol. The zero-order valence-electron chi connectivity index (χ0n) is 10.6. The first kappa shape index (κ1) is 12.3. The Morgan fingerprint density at radius 3 is 2.69 bits per heavy atom. The summed E-state index contributed by atoms with van der Waals surface area (Å²) in [6.45, 7) is 7.01. The minimum atomic E-state index is 0.587. The van der Waals surface area contributed by atoms with Crippen LogP contribution in [0.5, 0.6) is 0 Å². The van der Waals surface area contributed by atoms with Crippen molar-refractivity contribution in [3.63, 3.8) is 0 Å². The van der Waals surface area contributed by atoms with E-state index in [1.807, 2.05) is 7.11 Å². The van der Waals surface area contributed by atoms with Gasteiger partial charge in [0.25, 0.3) is 0 Å². The third kappa shape index (κ3) is 2.94. The summed E-state index contributed by atoms with van der Waals surface area (Å²) in [6.07, 6.45) is 2.65. The highest BCUT2D eigenvalue weighted by atomic mass is 16.5. The minimum Gasteiger partial charge on any atom is -0.383 e. The Morgan fingerprint density at radius 1 is 1.38 bits per heavy atom. The van der Waals surface area contributed by atoms with Crippen molar-refractivity contribution >= 4 is 0 Å². The molecular formula is C12H25N3O. The van der Waals surface area contributed by atoms with Crippen LogP contribution < -0.4 is 5.32 Å². The van der Waals surface area contributed by atoms with Crippen molar-refractivity contribution in [3.8, 4) is 0 Å². The first-order valence-corrected chi connectivity index (χ1v) is 6.46. The molecule has 2 unspecified atom stereocenters.